The standard InChI is InChI=1S/C9H7ClO4.C6H5NO2/c1-4-5(8(11)12)2-3-6(10)7(4)9(13)14;8-7(9)6-4-2-1-3-5-6/h2-3H,1H3,(H,11,12)(H,13,14);1-5H. The first-order chi connectivity index (χ1) is 10.8. The van der Waals surface area contributed by atoms with Crippen LogP contribution in [-0.2, 0) is 0 Å². The molecule has 0 radical (unpaired) electrons. The Hall–Kier alpha value is -2.93. The van der Waals surface area contributed by atoms with Crippen molar-refractivity contribution in [3.05, 3.63) is 74.3 Å². The number of rotatable bonds is 3. The van der Waals surface area contributed by atoms with Crippen LogP contribution in [0.4, 0.5) is 5.69 Å². The van der Waals surface area contributed by atoms with Crippen LogP contribution in [-0.4, -0.2) is 27.1 Å². The van der Waals surface area contributed by atoms with E-state index in [-0.39, 0.29) is 27.4 Å². The zero-order chi connectivity index (χ0) is 17.6. The van der Waals surface area contributed by atoms with Crippen LogP contribution in [0.5, 0.6) is 0 Å². The summed E-state index contributed by atoms with van der Waals surface area (Å²) in [7, 11) is 0. The fraction of sp³-hybridized carbons (Fsp3) is 0.0667. The third kappa shape index (κ3) is 4.79. The van der Waals surface area contributed by atoms with Gasteiger partial charge in [-0.1, -0.05) is 29.8 Å². The Kier molecular flexibility index (Phi) is 6.23. The molecular weight excluding hydrogens is 326 g/mol. The van der Waals surface area contributed by atoms with E-state index in [2.05, 4.69) is 0 Å². The Morgan fingerprint density at radius 2 is 1.61 bits per heavy atom. The van der Waals surface area contributed by atoms with E-state index >= 15 is 0 Å². The second-order valence-electron chi connectivity index (χ2n) is 4.30. The van der Waals surface area contributed by atoms with E-state index in [9.17, 15) is 19.7 Å². The molecule has 2 aromatic carbocycles. The number of halogens is 1. The SMILES string of the molecule is Cc1c(C(=O)O)ccc(Cl)c1C(=O)O.O=[N+]([O-])c1ccccc1. The van der Waals surface area contributed by atoms with Crippen molar-refractivity contribution in [2.75, 3.05) is 0 Å². The lowest BCUT2D eigenvalue weighted by molar-refractivity contribution is -0.384. The fourth-order valence-corrected chi connectivity index (χ4v) is 2.01. The van der Waals surface area contributed by atoms with Crippen molar-refractivity contribution in [2.24, 2.45) is 0 Å². The Morgan fingerprint density at radius 1 is 1.04 bits per heavy atom. The molecule has 2 aromatic rings. The van der Waals surface area contributed by atoms with Gasteiger partial charge in [0, 0.05) is 12.1 Å². The lowest BCUT2D eigenvalue weighted by Crippen LogP contribution is -2.07. The molecule has 0 aliphatic heterocycles. The number of hydrogen-bond donors (Lipinski definition) is 2. The summed E-state index contributed by atoms with van der Waals surface area (Å²) in [5.74, 6) is -2.39. The molecule has 0 amide bonds. The van der Waals surface area contributed by atoms with E-state index in [1.165, 1.54) is 31.2 Å². The van der Waals surface area contributed by atoms with Crippen molar-refractivity contribution in [3.63, 3.8) is 0 Å². The lowest BCUT2D eigenvalue weighted by Gasteiger charge is -2.06. The van der Waals surface area contributed by atoms with E-state index in [1.54, 1.807) is 18.2 Å². The van der Waals surface area contributed by atoms with Crippen LogP contribution in [0.25, 0.3) is 0 Å². The van der Waals surface area contributed by atoms with Gasteiger partial charge < -0.3 is 10.2 Å². The van der Waals surface area contributed by atoms with Crippen molar-refractivity contribution in [2.45, 2.75) is 6.92 Å². The first kappa shape index (κ1) is 18.1. The number of nitro groups is 1. The van der Waals surface area contributed by atoms with Crippen molar-refractivity contribution >= 4 is 29.2 Å². The van der Waals surface area contributed by atoms with Gasteiger partial charge in [0.05, 0.1) is 21.1 Å². The Balaban J connectivity index is 0.000000253. The number of nitro benzene ring substituents is 1. The fourth-order valence-electron chi connectivity index (χ4n) is 1.72. The first-order valence-corrected chi connectivity index (χ1v) is 6.58. The Bertz CT molecular complexity index is 745. The largest absolute Gasteiger partial charge is 0.478 e. The average Bonchev–Trinajstić information content (AvgIpc) is 2.48. The second kappa shape index (κ2) is 7.90. The summed E-state index contributed by atoms with van der Waals surface area (Å²) in [5.41, 5.74) is 0.0911. The molecule has 0 fully saturated rings. The molecule has 2 rings (SSSR count). The van der Waals surface area contributed by atoms with Gasteiger partial charge in [-0.25, -0.2) is 9.59 Å². The van der Waals surface area contributed by atoms with Gasteiger partial charge in [-0.2, -0.15) is 0 Å². The van der Waals surface area contributed by atoms with Crippen LogP contribution >= 0.6 is 11.6 Å². The molecule has 7 nitrogen and oxygen atoms in total. The van der Waals surface area contributed by atoms with Crippen molar-refractivity contribution in [1.82, 2.24) is 0 Å². The minimum absolute atomic E-state index is 0.0417. The number of carboxylic acids is 2. The van der Waals surface area contributed by atoms with E-state index in [4.69, 9.17) is 21.8 Å². The van der Waals surface area contributed by atoms with Gasteiger partial charge in [0.1, 0.15) is 0 Å². The van der Waals surface area contributed by atoms with Gasteiger partial charge in [-0.3, -0.25) is 10.1 Å². The van der Waals surface area contributed by atoms with Crippen molar-refractivity contribution in [3.8, 4) is 0 Å². The number of hydrogen-bond acceptors (Lipinski definition) is 4. The molecule has 0 aromatic heterocycles. The highest BCUT2D eigenvalue weighted by Crippen LogP contribution is 2.23. The smallest absolute Gasteiger partial charge is 0.337 e. The normalized spacial score (nSPS) is 9.48. The Morgan fingerprint density at radius 3 is 2.00 bits per heavy atom. The molecule has 0 saturated carbocycles. The van der Waals surface area contributed by atoms with Crippen LogP contribution in [0.15, 0.2) is 42.5 Å². The van der Waals surface area contributed by atoms with Gasteiger partial charge in [-0.05, 0) is 24.6 Å². The number of carbonyl (C=O) groups is 2. The summed E-state index contributed by atoms with van der Waals surface area (Å²) >= 11 is 5.63. The van der Waals surface area contributed by atoms with Gasteiger partial charge in [0.15, 0.2) is 0 Å². The van der Waals surface area contributed by atoms with E-state index in [0.29, 0.717) is 0 Å². The van der Waals surface area contributed by atoms with Crippen LogP contribution < -0.4 is 0 Å². The summed E-state index contributed by atoms with van der Waals surface area (Å²) < 4.78 is 0. The summed E-state index contributed by atoms with van der Waals surface area (Å²) in [6.45, 7) is 1.42. The number of aromatic carboxylic acids is 2. The predicted octanol–water partition coefficient (Wildman–Crippen LogP) is 3.64. The number of benzene rings is 2. The van der Waals surface area contributed by atoms with Crippen LogP contribution in [0.2, 0.25) is 5.02 Å². The lowest BCUT2D eigenvalue weighted by atomic mass is 10.0. The van der Waals surface area contributed by atoms with Crippen molar-refractivity contribution in [1.29, 1.82) is 0 Å². The molecule has 8 heteroatoms. The first-order valence-electron chi connectivity index (χ1n) is 6.20. The minimum Gasteiger partial charge on any atom is -0.478 e. The van der Waals surface area contributed by atoms with Gasteiger partial charge >= 0.3 is 11.9 Å². The highest BCUT2D eigenvalue weighted by molar-refractivity contribution is 6.33. The predicted molar refractivity (Wildman–Crippen MR) is 83.2 cm³/mol. The molecule has 120 valence electrons. The number of carboxylic acid groups (broad SMARTS) is 2. The monoisotopic (exact) mass is 337 g/mol. The second-order valence-corrected chi connectivity index (χ2v) is 4.71. The summed E-state index contributed by atoms with van der Waals surface area (Å²) in [6, 6.07) is 10.5. The third-order valence-corrected chi connectivity index (χ3v) is 3.14. The molecule has 0 aliphatic carbocycles. The number of non-ortho nitro benzene ring substituents is 1. The summed E-state index contributed by atoms with van der Waals surface area (Å²) in [5, 5.41) is 27.6. The topological polar surface area (TPSA) is 118 Å². The zero-order valence-electron chi connectivity index (χ0n) is 11.9. The highest BCUT2D eigenvalue weighted by atomic mass is 35.5. The van der Waals surface area contributed by atoms with Gasteiger partial charge in [-0.15, -0.1) is 0 Å². The van der Waals surface area contributed by atoms with E-state index < -0.39 is 16.9 Å². The van der Waals surface area contributed by atoms with Crippen LogP contribution in [0.1, 0.15) is 26.3 Å². The molecule has 0 saturated heterocycles. The zero-order valence-corrected chi connectivity index (χ0v) is 12.6. The number of para-hydroxylation sites is 1. The minimum atomic E-state index is -1.23. The molecule has 0 atom stereocenters. The highest BCUT2D eigenvalue weighted by Gasteiger charge is 2.17. The third-order valence-electron chi connectivity index (χ3n) is 2.83. The summed E-state index contributed by atoms with van der Waals surface area (Å²) in [6.07, 6.45) is 0. The summed E-state index contributed by atoms with van der Waals surface area (Å²) in [4.78, 5) is 31.0. The van der Waals surface area contributed by atoms with E-state index in [0.717, 1.165) is 0 Å². The average molecular weight is 338 g/mol. The maximum atomic E-state index is 10.7. The molecule has 0 bridgehead atoms. The molecule has 23 heavy (non-hydrogen) atoms. The molecule has 0 heterocycles. The quantitative estimate of drug-likeness (QED) is 0.652. The Labute approximate surface area is 135 Å². The van der Waals surface area contributed by atoms with E-state index in [1.807, 2.05) is 0 Å². The van der Waals surface area contributed by atoms with Gasteiger partial charge in [0.25, 0.3) is 5.69 Å². The van der Waals surface area contributed by atoms with Crippen LogP contribution in [0.3, 0.4) is 0 Å². The molecule has 2 N–H and O–H groups in total. The molecule has 0 spiro atoms. The number of nitrogens with zero attached hydrogens (tertiary/aromatic N) is 1. The van der Waals surface area contributed by atoms with Crippen molar-refractivity contribution < 1.29 is 24.7 Å². The molecule has 0 aliphatic rings. The van der Waals surface area contributed by atoms with Gasteiger partial charge in [0.2, 0.25) is 0 Å². The maximum Gasteiger partial charge on any atom is 0.337 e. The maximum absolute atomic E-state index is 10.7. The molecule has 0 unspecified atom stereocenters. The van der Waals surface area contributed by atoms with Crippen LogP contribution in [0, 0.1) is 17.0 Å². The molecular formula is C15H12ClNO6.